The molecule has 0 unspecified atom stereocenters. The average molecular weight is 234 g/mol. The molecule has 0 aromatic carbocycles. The molecular weight excluding hydrogens is 216 g/mol. The Morgan fingerprint density at radius 3 is 2.65 bits per heavy atom. The molecule has 0 aliphatic carbocycles. The van der Waals surface area contributed by atoms with E-state index in [0.717, 1.165) is 6.54 Å². The van der Waals surface area contributed by atoms with E-state index in [0.29, 0.717) is 30.5 Å². The van der Waals surface area contributed by atoms with E-state index in [4.69, 9.17) is 16.7 Å². The summed E-state index contributed by atoms with van der Waals surface area (Å²) in [4.78, 5) is 9.97. The maximum absolute atomic E-state index is 8.65. The number of anilines is 3. The highest BCUT2D eigenvalue weighted by atomic mass is 15.2. The van der Waals surface area contributed by atoms with Crippen LogP contribution in [0.5, 0.6) is 0 Å². The molecule has 0 aliphatic heterocycles. The fraction of sp³-hybridized carbons (Fsp3) is 0.545. The van der Waals surface area contributed by atoms with Crippen LogP contribution in [0.2, 0.25) is 0 Å². The van der Waals surface area contributed by atoms with Crippen LogP contribution in [0.3, 0.4) is 0 Å². The van der Waals surface area contributed by atoms with Crippen molar-refractivity contribution in [2.75, 3.05) is 29.5 Å². The largest absolute Gasteiger partial charge is 0.383 e. The van der Waals surface area contributed by atoms with Gasteiger partial charge in [0.05, 0.1) is 12.5 Å². The van der Waals surface area contributed by atoms with Crippen LogP contribution in [0.1, 0.15) is 20.3 Å². The predicted molar refractivity (Wildman–Crippen MR) is 68.1 cm³/mol. The van der Waals surface area contributed by atoms with E-state index in [2.05, 4.69) is 29.9 Å². The molecule has 17 heavy (non-hydrogen) atoms. The zero-order valence-electron chi connectivity index (χ0n) is 10.2. The lowest BCUT2D eigenvalue weighted by Crippen LogP contribution is -2.29. The third-order valence-electron chi connectivity index (χ3n) is 2.15. The predicted octanol–water partition coefficient (Wildman–Crippen LogP) is 1.02. The molecule has 0 aliphatic rings. The van der Waals surface area contributed by atoms with Gasteiger partial charge in [-0.05, 0) is 5.92 Å². The lowest BCUT2D eigenvalue weighted by molar-refractivity contribution is 0.607. The lowest BCUT2D eigenvalue weighted by atomic mass is 10.2. The van der Waals surface area contributed by atoms with Crippen molar-refractivity contribution in [3.05, 3.63) is 6.07 Å². The van der Waals surface area contributed by atoms with Crippen molar-refractivity contribution in [2.24, 2.45) is 5.92 Å². The van der Waals surface area contributed by atoms with E-state index in [1.165, 1.54) is 0 Å². The SMILES string of the molecule is CC(C)CN(CCC#N)c1cc(N)nc(N)n1. The summed E-state index contributed by atoms with van der Waals surface area (Å²) in [5.74, 6) is 1.65. The van der Waals surface area contributed by atoms with E-state index in [1.807, 2.05) is 4.90 Å². The van der Waals surface area contributed by atoms with Crippen LogP contribution in [0.4, 0.5) is 17.6 Å². The number of nitrogens with two attached hydrogens (primary N) is 2. The maximum Gasteiger partial charge on any atom is 0.223 e. The number of rotatable bonds is 5. The molecule has 0 saturated carbocycles. The van der Waals surface area contributed by atoms with Crippen LogP contribution in [-0.2, 0) is 0 Å². The molecule has 92 valence electrons. The zero-order valence-corrected chi connectivity index (χ0v) is 10.2. The lowest BCUT2D eigenvalue weighted by Gasteiger charge is -2.24. The van der Waals surface area contributed by atoms with Crippen molar-refractivity contribution in [2.45, 2.75) is 20.3 Å². The molecule has 6 heteroatoms. The highest BCUT2D eigenvalue weighted by Gasteiger charge is 2.11. The number of hydrogen-bond donors (Lipinski definition) is 2. The van der Waals surface area contributed by atoms with Crippen molar-refractivity contribution in [3.8, 4) is 6.07 Å². The van der Waals surface area contributed by atoms with E-state index in [9.17, 15) is 0 Å². The van der Waals surface area contributed by atoms with E-state index in [-0.39, 0.29) is 5.95 Å². The minimum absolute atomic E-state index is 0.158. The number of nitriles is 1. The minimum atomic E-state index is 0.158. The molecule has 0 bridgehead atoms. The summed E-state index contributed by atoms with van der Waals surface area (Å²) < 4.78 is 0. The molecule has 1 aromatic rings. The van der Waals surface area contributed by atoms with Crippen LogP contribution in [0, 0.1) is 17.2 Å². The summed E-state index contributed by atoms with van der Waals surface area (Å²) in [5, 5.41) is 8.65. The Morgan fingerprint density at radius 1 is 1.41 bits per heavy atom. The Kier molecular flexibility index (Phi) is 4.52. The van der Waals surface area contributed by atoms with Crippen LogP contribution >= 0.6 is 0 Å². The first-order valence-electron chi connectivity index (χ1n) is 5.55. The molecule has 1 heterocycles. The molecule has 6 nitrogen and oxygen atoms in total. The Bertz CT molecular complexity index is 389. The highest BCUT2D eigenvalue weighted by molar-refractivity contribution is 5.50. The van der Waals surface area contributed by atoms with Crippen molar-refractivity contribution in [1.82, 2.24) is 9.97 Å². The standard InChI is InChI=1S/C11H18N6/c1-8(2)7-17(5-3-4-12)10-6-9(13)15-11(14)16-10/h6,8H,3,5,7H2,1-2H3,(H4,13,14,15,16). The van der Waals surface area contributed by atoms with Crippen LogP contribution in [-0.4, -0.2) is 23.1 Å². The molecule has 0 fully saturated rings. The van der Waals surface area contributed by atoms with Gasteiger partial charge in [0.1, 0.15) is 11.6 Å². The smallest absolute Gasteiger partial charge is 0.223 e. The third-order valence-corrected chi connectivity index (χ3v) is 2.15. The number of hydrogen-bond acceptors (Lipinski definition) is 6. The second-order valence-corrected chi connectivity index (χ2v) is 4.26. The second-order valence-electron chi connectivity index (χ2n) is 4.26. The summed E-state index contributed by atoms with van der Waals surface area (Å²) in [7, 11) is 0. The monoisotopic (exact) mass is 234 g/mol. The first-order chi connectivity index (χ1) is 8.02. The number of nitrogens with zero attached hydrogens (tertiary/aromatic N) is 4. The van der Waals surface area contributed by atoms with Crippen molar-refractivity contribution < 1.29 is 0 Å². The van der Waals surface area contributed by atoms with Crippen molar-refractivity contribution >= 4 is 17.6 Å². The highest BCUT2D eigenvalue weighted by Crippen LogP contribution is 2.16. The Hall–Kier alpha value is -2.03. The van der Waals surface area contributed by atoms with E-state index < -0.39 is 0 Å². The summed E-state index contributed by atoms with van der Waals surface area (Å²) in [6.45, 7) is 5.63. The zero-order chi connectivity index (χ0) is 12.8. The van der Waals surface area contributed by atoms with Crippen molar-refractivity contribution in [3.63, 3.8) is 0 Å². The average Bonchev–Trinajstić information content (AvgIpc) is 2.22. The van der Waals surface area contributed by atoms with Crippen LogP contribution in [0.25, 0.3) is 0 Å². The maximum atomic E-state index is 8.65. The molecule has 1 rings (SSSR count). The van der Waals surface area contributed by atoms with Gasteiger partial charge in [0.15, 0.2) is 0 Å². The van der Waals surface area contributed by atoms with Gasteiger partial charge in [-0.2, -0.15) is 15.2 Å². The first kappa shape index (κ1) is 13.0. The molecule has 4 N–H and O–H groups in total. The van der Waals surface area contributed by atoms with Crippen LogP contribution in [0.15, 0.2) is 6.07 Å². The van der Waals surface area contributed by atoms with Crippen LogP contribution < -0.4 is 16.4 Å². The molecular formula is C11H18N6. The van der Waals surface area contributed by atoms with Gasteiger partial charge in [-0.25, -0.2) is 0 Å². The fourth-order valence-corrected chi connectivity index (χ4v) is 1.56. The molecule has 0 spiro atoms. The quantitative estimate of drug-likeness (QED) is 0.788. The summed E-state index contributed by atoms with van der Waals surface area (Å²) in [6, 6.07) is 3.80. The van der Waals surface area contributed by atoms with Gasteiger partial charge in [0.25, 0.3) is 0 Å². The van der Waals surface area contributed by atoms with Gasteiger partial charge in [-0.15, -0.1) is 0 Å². The topological polar surface area (TPSA) is 105 Å². The van der Waals surface area contributed by atoms with E-state index >= 15 is 0 Å². The van der Waals surface area contributed by atoms with E-state index in [1.54, 1.807) is 6.07 Å². The Labute approximate surface area is 101 Å². The van der Waals surface area contributed by atoms with Gasteiger partial charge in [-0.1, -0.05) is 13.8 Å². The molecule has 1 aromatic heterocycles. The first-order valence-corrected chi connectivity index (χ1v) is 5.55. The normalized spacial score (nSPS) is 10.2. The fourth-order valence-electron chi connectivity index (χ4n) is 1.56. The number of nitrogen functional groups attached to an aromatic ring is 2. The Morgan fingerprint density at radius 2 is 2.12 bits per heavy atom. The van der Waals surface area contributed by atoms with Gasteiger partial charge in [0, 0.05) is 19.2 Å². The summed E-state index contributed by atoms with van der Waals surface area (Å²) in [6.07, 6.45) is 0.441. The van der Waals surface area contributed by atoms with Crippen molar-refractivity contribution in [1.29, 1.82) is 5.26 Å². The van der Waals surface area contributed by atoms with Gasteiger partial charge >= 0.3 is 0 Å². The van der Waals surface area contributed by atoms with Gasteiger partial charge in [0.2, 0.25) is 5.95 Å². The molecule has 0 atom stereocenters. The Balaban J connectivity index is 2.91. The molecule has 0 amide bonds. The van der Waals surface area contributed by atoms with Gasteiger partial charge in [-0.3, -0.25) is 0 Å². The third kappa shape index (κ3) is 4.15. The minimum Gasteiger partial charge on any atom is -0.383 e. The van der Waals surface area contributed by atoms with Gasteiger partial charge < -0.3 is 16.4 Å². The molecule has 0 saturated heterocycles. The molecule has 0 radical (unpaired) electrons. The number of aromatic nitrogens is 2. The second kappa shape index (κ2) is 5.89. The summed E-state index contributed by atoms with van der Waals surface area (Å²) in [5.41, 5.74) is 11.2. The summed E-state index contributed by atoms with van der Waals surface area (Å²) >= 11 is 0.